The molecule has 0 aliphatic carbocycles. The van der Waals surface area contributed by atoms with E-state index in [0.717, 1.165) is 14.6 Å². The molecule has 0 aliphatic rings. The lowest BCUT2D eigenvalue weighted by molar-refractivity contribution is -0.119. The fraction of sp³-hybridized carbons (Fsp3) is 0.105. The minimum Gasteiger partial charge on any atom is -0.325 e. The molecule has 0 spiro atoms. The number of carbonyl (C=O) groups excluding carboxylic acids is 3. The number of amides is 3. The van der Waals surface area contributed by atoms with Gasteiger partial charge in [-0.3, -0.25) is 25.2 Å². The Morgan fingerprint density at radius 1 is 1.03 bits per heavy atom. The number of thioether (sulfide) groups is 1. The maximum atomic E-state index is 12.1. The van der Waals surface area contributed by atoms with E-state index in [1.807, 2.05) is 24.3 Å². The van der Waals surface area contributed by atoms with Gasteiger partial charge >= 0.3 is 0 Å². The fourth-order valence-corrected chi connectivity index (χ4v) is 4.13. The number of hydrazine groups is 1. The van der Waals surface area contributed by atoms with Crippen LogP contribution in [0.2, 0.25) is 0 Å². The zero-order chi connectivity index (χ0) is 20.6. The molecule has 0 aliphatic heterocycles. The third-order valence-corrected chi connectivity index (χ3v) is 5.77. The second-order valence-electron chi connectivity index (χ2n) is 5.70. The Kier molecular flexibility index (Phi) is 6.78. The van der Waals surface area contributed by atoms with Crippen LogP contribution >= 0.6 is 23.1 Å². The molecule has 3 rings (SSSR count). The summed E-state index contributed by atoms with van der Waals surface area (Å²) in [5.74, 6) is -1.16. The average molecular weight is 425 g/mol. The Balaban J connectivity index is 1.45. The number of nitrogens with one attached hydrogen (secondary N) is 3. The lowest BCUT2D eigenvalue weighted by Crippen LogP contribution is -2.42. The topological polar surface area (TPSA) is 124 Å². The molecule has 0 bridgehead atoms. The summed E-state index contributed by atoms with van der Waals surface area (Å²) in [4.78, 5) is 39.9. The molecule has 3 aromatic rings. The highest BCUT2D eigenvalue weighted by Gasteiger charge is 2.10. The van der Waals surface area contributed by atoms with Gasteiger partial charge in [0.05, 0.1) is 22.0 Å². The lowest BCUT2D eigenvalue weighted by atomic mass is 10.2. The van der Waals surface area contributed by atoms with Crippen LogP contribution in [-0.2, 0) is 9.59 Å². The van der Waals surface area contributed by atoms with Crippen molar-refractivity contribution in [1.29, 1.82) is 5.26 Å². The van der Waals surface area contributed by atoms with Gasteiger partial charge in [0.2, 0.25) is 11.8 Å². The molecule has 8 nitrogen and oxygen atoms in total. The van der Waals surface area contributed by atoms with Gasteiger partial charge in [-0.1, -0.05) is 23.9 Å². The zero-order valence-electron chi connectivity index (χ0n) is 15.0. The number of aromatic nitrogens is 1. The predicted molar refractivity (Wildman–Crippen MR) is 111 cm³/mol. The van der Waals surface area contributed by atoms with Crippen LogP contribution in [0.5, 0.6) is 0 Å². The van der Waals surface area contributed by atoms with E-state index in [-0.39, 0.29) is 18.1 Å². The molecule has 2 aromatic carbocycles. The monoisotopic (exact) mass is 425 g/mol. The molecule has 3 N–H and O–H groups in total. The van der Waals surface area contributed by atoms with E-state index < -0.39 is 11.8 Å². The summed E-state index contributed by atoms with van der Waals surface area (Å²) in [6.45, 7) is 0. The minimum absolute atomic E-state index is 0.115. The number of nitriles is 1. The normalized spacial score (nSPS) is 10.2. The highest BCUT2D eigenvalue weighted by Crippen LogP contribution is 2.28. The second-order valence-corrected chi connectivity index (χ2v) is 7.95. The number of rotatable bonds is 6. The lowest BCUT2D eigenvalue weighted by Gasteiger charge is -2.08. The number of thiazole rings is 1. The molecule has 0 saturated carbocycles. The zero-order valence-corrected chi connectivity index (χ0v) is 16.6. The van der Waals surface area contributed by atoms with Crippen molar-refractivity contribution in [3.63, 3.8) is 0 Å². The van der Waals surface area contributed by atoms with E-state index in [1.54, 1.807) is 6.07 Å². The van der Waals surface area contributed by atoms with E-state index in [4.69, 9.17) is 5.26 Å². The van der Waals surface area contributed by atoms with Crippen molar-refractivity contribution >= 4 is 56.7 Å². The van der Waals surface area contributed by atoms with Gasteiger partial charge in [-0.15, -0.1) is 11.3 Å². The van der Waals surface area contributed by atoms with Crippen molar-refractivity contribution in [2.75, 3.05) is 11.1 Å². The Hall–Kier alpha value is -3.42. The quantitative estimate of drug-likeness (QED) is 0.412. The summed E-state index contributed by atoms with van der Waals surface area (Å²) in [7, 11) is 0. The summed E-state index contributed by atoms with van der Waals surface area (Å²) in [5, 5.41) is 11.0. The van der Waals surface area contributed by atoms with Crippen molar-refractivity contribution in [1.82, 2.24) is 15.8 Å². The molecule has 146 valence electrons. The van der Waals surface area contributed by atoms with Crippen LogP contribution in [0, 0.1) is 11.3 Å². The van der Waals surface area contributed by atoms with Crippen LogP contribution in [0.4, 0.5) is 5.69 Å². The summed E-state index contributed by atoms with van der Waals surface area (Å²) >= 11 is 2.80. The van der Waals surface area contributed by atoms with E-state index in [2.05, 4.69) is 21.2 Å². The number of anilines is 1. The van der Waals surface area contributed by atoms with E-state index in [9.17, 15) is 14.4 Å². The number of para-hydroxylation sites is 1. The molecule has 0 saturated heterocycles. The number of benzene rings is 2. The van der Waals surface area contributed by atoms with Gasteiger partial charge in [0.15, 0.2) is 4.34 Å². The first kappa shape index (κ1) is 20.3. The fourth-order valence-electron chi connectivity index (χ4n) is 2.26. The standard InChI is InChI=1S/C19H15N5O3S2/c20-10-9-16(25)21-13-7-5-12(6-8-13)18(27)24-23-17(26)11-28-19-22-14-3-1-2-4-15(14)29-19/h1-8H,9,11H2,(H,21,25)(H,23,26)(H,24,27). The first-order valence-corrected chi connectivity index (χ1v) is 10.2. The molecule has 1 aromatic heterocycles. The highest BCUT2D eigenvalue weighted by molar-refractivity contribution is 8.01. The molecule has 0 atom stereocenters. The smallest absolute Gasteiger partial charge is 0.269 e. The average Bonchev–Trinajstić information content (AvgIpc) is 3.14. The molecule has 10 heteroatoms. The first-order valence-electron chi connectivity index (χ1n) is 8.39. The van der Waals surface area contributed by atoms with Crippen molar-refractivity contribution in [3.05, 3.63) is 54.1 Å². The van der Waals surface area contributed by atoms with Crippen LogP contribution in [0.3, 0.4) is 0 Å². The maximum Gasteiger partial charge on any atom is 0.269 e. The van der Waals surface area contributed by atoms with E-state index >= 15 is 0 Å². The maximum absolute atomic E-state index is 12.1. The summed E-state index contributed by atoms with van der Waals surface area (Å²) < 4.78 is 1.83. The van der Waals surface area contributed by atoms with Gasteiger partial charge in [0.25, 0.3) is 5.91 Å². The van der Waals surface area contributed by atoms with Crippen LogP contribution < -0.4 is 16.2 Å². The number of fused-ring (bicyclic) bond motifs is 1. The number of nitrogens with zero attached hydrogens (tertiary/aromatic N) is 2. The van der Waals surface area contributed by atoms with Gasteiger partial charge in [-0.2, -0.15) is 5.26 Å². The Bertz CT molecular complexity index is 1060. The summed E-state index contributed by atoms with van der Waals surface area (Å²) in [6, 6.07) is 15.5. The van der Waals surface area contributed by atoms with Crippen LogP contribution in [0.15, 0.2) is 52.9 Å². The third-order valence-electron chi connectivity index (χ3n) is 3.59. The largest absolute Gasteiger partial charge is 0.325 e. The summed E-state index contributed by atoms with van der Waals surface area (Å²) in [5.41, 5.74) is 6.37. The Morgan fingerprint density at radius 2 is 1.79 bits per heavy atom. The van der Waals surface area contributed by atoms with Gasteiger partial charge in [-0.05, 0) is 36.4 Å². The van der Waals surface area contributed by atoms with E-state index in [1.165, 1.54) is 47.4 Å². The van der Waals surface area contributed by atoms with E-state index in [0.29, 0.717) is 11.3 Å². The van der Waals surface area contributed by atoms with Gasteiger partial charge in [0, 0.05) is 11.3 Å². The second kappa shape index (κ2) is 9.68. The SMILES string of the molecule is N#CCC(=O)Nc1ccc(C(=O)NNC(=O)CSc2nc3ccccc3s2)cc1. The molecular formula is C19H15N5O3S2. The third kappa shape index (κ3) is 5.78. The van der Waals surface area contributed by atoms with Gasteiger partial charge in [0.1, 0.15) is 6.42 Å². The number of hydrogen-bond acceptors (Lipinski definition) is 7. The molecule has 0 radical (unpaired) electrons. The first-order chi connectivity index (χ1) is 14.0. The molecule has 1 heterocycles. The summed E-state index contributed by atoms with van der Waals surface area (Å²) in [6.07, 6.45) is -0.247. The molecule has 0 fully saturated rings. The molecule has 29 heavy (non-hydrogen) atoms. The van der Waals surface area contributed by atoms with Crippen LogP contribution in [-0.4, -0.2) is 28.5 Å². The van der Waals surface area contributed by atoms with Gasteiger partial charge in [-0.25, -0.2) is 4.98 Å². The number of hydrogen-bond donors (Lipinski definition) is 3. The van der Waals surface area contributed by atoms with Crippen molar-refractivity contribution in [3.8, 4) is 6.07 Å². The van der Waals surface area contributed by atoms with Crippen LogP contribution in [0.1, 0.15) is 16.8 Å². The highest BCUT2D eigenvalue weighted by atomic mass is 32.2. The van der Waals surface area contributed by atoms with Crippen LogP contribution in [0.25, 0.3) is 10.2 Å². The van der Waals surface area contributed by atoms with Crippen molar-refractivity contribution in [2.45, 2.75) is 10.8 Å². The predicted octanol–water partition coefficient (Wildman–Crippen LogP) is 2.70. The Labute approximate surface area is 174 Å². The molecule has 0 unspecified atom stereocenters. The minimum atomic E-state index is -0.488. The Morgan fingerprint density at radius 3 is 2.52 bits per heavy atom. The van der Waals surface area contributed by atoms with Gasteiger partial charge < -0.3 is 5.32 Å². The molecule has 3 amide bonds. The number of carbonyl (C=O) groups is 3. The van der Waals surface area contributed by atoms with Crippen molar-refractivity contribution < 1.29 is 14.4 Å². The van der Waals surface area contributed by atoms with Crippen molar-refractivity contribution in [2.24, 2.45) is 0 Å². The molecular weight excluding hydrogens is 410 g/mol.